The van der Waals surface area contributed by atoms with Crippen LogP contribution >= 0.6 is 0 Å². The number of aromatic nitrogens is 4. The first-order valence-corrected chi connectivity index (χ1v) is 6.79. The Kier molecular flexibility index (Phi) is 2.29. The van der Waals surface area contributed by atoms with E-state index in [1.807, 2.05) is 28.9 Å². The maximum atomic E-state index is 9.54. The molecule has 1 atom stereocenters. The van der Waals surface area contributed by atoms with Gasteiger partial charge in [0.2, 0.25) is 0 Å². The van der Waals surface area contributed by atoms with Crippen LogP contribution in [-0.2, 0) is 12.8 Å². The second-order valence-corrected chi connectivity index (χ2v) is 5.96. The van der Waals surface area contributed by atoms with Crippen LogP contribution < -0.4 is 0 Å². The molecule has 3 heterocycles. The van der Waals surface area contributed by atoms with Gasteiger partial charge in [0.25, 0.3) is 0 Å². The van der Waals surface area contributed by atoms with E-state index in [2.05, 4.69) is 22.1 Å². The molecule has 0 saturated carbocycles. The van der Waals surface area contributed by atoms with E-state index >= 15 is 0 Å². The zero-order chi connectivity index (χ0) is 13.7. The van der Waals surface area contributed by atoms with Gasteiger partial charge in [0.15, 0.2) is 0 Å². The number of nitrogens with zero attached hydrogens (tertiary/aromatic N) is 3. The number of fused-ring (bicyclic) bond motifs is 2. The molecule has 1 unspecified atom stereocenters. The number of H-pyrrole nitrogens is 1. The van der Waals surface area contributed by atoms with Gasteiger partial charge in [0, 0.05) is 47.4 Å². The first-order chi connectivity index (χ1) is 9.68. The van der Waals surface area contributed by atoms with Gasteiger partial charge in [-0.2, -0.15) is 5.10 Å². The largest absolute Gasteiger partial charge is 0.396 e. The number of pyridine rings is 1. The molecule has 102 valence electrons. The van der Waals surface area contributed by atoms with Crippen LogP contribution in [0.2, 0.25) is 0 Å². The van der Waals surface area contributed by atoms with E-state index in [1.54, 1.807) is 6.20 Å². The molecule has 4 rings (SSSR count). The van der Waals surface area contributed by atoms with Crippen molar-refractivity contribution in [2.24, 2.45) is 5.41 Å². The minimum absolute atomic E-state index is 0.0576. The second-order valence-electron chi connectivity index (χ2n) is 5.96. The average Bonchev–Trinajstić information content (AvgIpc) is 3.11. The van der Waals surface area contributed by atoms with Crippen LogP contribution in [-0.4, -0.2) is 31.3 Å². The fourth-order valence-electron chi connectivity index (χ4n) is 3.06. The van der Waals surface area contributed by atoms with Crippen molar-refractivity contribution >= 4 is 5.65 Å². The summed E-state index contributed by atoms with van der Waals surface area (Å²) in [4.78, 5) is 4.25. The number of aliphatic hydroxyl groups is 1. The summed E-state index contributed by atoms with van der Waals surface area (Å²) in [5.41, 5.74) is 5.34. The highest BCUT2D eigenvalue weighted by molar-refractivity contribution is 5.66. The molecule has 1 aliphatic rings. The molecule has 20 heavy (non-hydrogen) atoms. The lowest BCUT2D eigenvalue weighted by molar-refractivity contribution is 0.151. The summed E-state index contributed by atoms with van der Waals surface area (Å²) in [6, 6.07) is 4.05. The van der Waals surface area contributed by atoms with Gasteiger partial charge in [-0.25, -0.2) is 4.98 Å². The van der Waals surface area contributed by atoms with Gasteiger partial charge in [-0.15, -0.1) is 0 Å². The molecule has 0 saturated heterocycles. The Balaban J connectivity index is 1.81. The maximum Gasteiger partial charge on any atom is 0.136 e. The standard InChI is InChI=1S/C15H16N4O/c1-15(9-20)6-11-12(7-15)17-18-14(11)10-2-3-13-16-4-5-19(13)8-10/h2-5,8,20H,6-7,9H2,1H3,(H,17,18). The van der Waals surface area contributed by atoms with Gasteiger partial charge in [-0.1, -0.05) is 6.92 Å². The average molecular weight is 268 g/mol. The van der Waals surface area contributed by atoms with Crippen molar-refractivity contribution in [3.8, 4) is 11.3 Å². The van der Waals surface area contributed by atoms with Crippen LogP contribution in [0, 0.1) is 5.41 Å². The summed E-state index contributed by atoms with van der Waals surface area (Å²) < 4.78 is 2.00. The minimum atomic E-state index is -0.0576. The number of hydrogen-bond acceptors (Lipinski definition) is 3. The summed E-state index contributed by atoms with van der Waals surface area (Å²) in [5, 5.41) is 17.1. The molecule has 5 heteroatoms. The molecular weight excluding hydrogens is 252 g/mol. The summed E-state index contributed by atoms with van der Waals surface area (Å²) in [7, 11) is 0. The highest BCUT2D eigenvalue weighted by Gasteiger charge is 2.36. The van der Waals surface area contributed by atoms with Gasteiger partial charge >= 0.3 is 0 Å². The highest BCUT2D eigenvalue weighted by Crippen LogP contribution is 2.39. The number of aliphatic hydroxyl groups excluding tert-OH is 1. The van der Waals surface area contributed by atoms with E-state index < -0.39 is 0 Å². The van der Waals surface area contributed by atoms with Crippen molar-refractivity contribution in [1.29, 1.82) is 0 Å². The molecule has 0 fully saturated rings. The molecule has 2 N–H and O–H groups in total. The SMILES string of the molecule is CC1(CO)Cc2[nH]nc(-c3ccc4nccn4c3)c2C1. The van der Waals surface area contributed by atoms with Crippen molar-refractivity contribution in [3.05, 3.63) is 42.0 Å². The van der Waals surface area contributed by atoms with Crippen molar-refractivity contribution in [2.75, 3.05) is 6.61 Å². The Bertz CT molecular complexity index is 788. The van der Waals surface area contributed by atoms with Crippen molar-refractivity contribution < 1.29 is 5.11 Å². The molecule has 0 spiro atoms. The van der Waals surface area contributed by atoms with Gasteiger partial charge in [0.05, 0.1) is 5.69 Å². The van der Waals surface area contributed by atoms with E-state index in [0.29, 0.717) is 0 Å². The van der Waals surface area contributed by atoms with Crippen LogP contribution in [0.1, 0.15) is 18.2 Å². The van der Waals surface area contributed by atoms with Gasteiger partial charge < -0.3 is 9.51 Å². The number of nitrogens with one attached hydrogen (secondary N) is 1. The fraction of sp³-hybridized carbons (Fsp3) is 0.333. The van der Waals surface area contributed by atoms with Crippen LogP contribution in [0.25, 0.3) is 16.9 Å². The van der Waals surface area contributed by atoms with Gasteiger partial charge in [-0.05, 0) is 25.0 Å². The van der Waals surface area contributed by atoms with Crippen LogP contribution in [0.4, 0.5) is 0 Å². The van der Waals surface area contributed by atoms with E-state index in [9.17, 15) is 5.11 Å². The Morgan fingerprint density at radius 1 is 1.40 bits per heavy atom. The Morgan fingerprint density at radius 3 is 3.15 bits per heavy atom. The Hall–Kier alpha value is -2.14. The van der Waals surface area contributed by atoms with Crippen LogP contribution in [0.5, 0.6) is 0 Å². The number of rotatable bonds is 2. The van der Waals surface area contributed by atoms with Crippen molar-refractivity contribution in [1.82, 2.24) is 19.6 Å². The summed E-state index contributed by atoms with van der Waals surface area (Å²) in [6.07, 6.45) is 7.50. The topological polar surface area (TPSA) is 66.2 Å². The first-order valence-electron chi connectivity index (χ1n) is 6.79. The molecule has 0 aliphatic heterocycles. The molecule has 0 bridgehead atoms. The van der Waals surface area contributed by atoms with Gasteiger partial charge in [-0.3, -0.25) is 5.10 Å². The fourth-order valence-corrected chi connectivity index (χ4v) is 3.06. The summed E-state index contributed by atoms with van der Waals surface area (Å²) in [6.45, 7) is 2.32. The predicted octanol–water partition coefficient (Wildman–Crippen LogP) is 1.82. The minimum Gasteiger partial charge on any atom is -0.396 e. The monoisotopic (exact) mass is 268 g/mol. The number of imidazole rings is 1. The lowest BCUT2D eigenvalue weighted by Crippen LogP contribution is -2.21. The molecule has 0 radical (unpaired) electrons. The van der Waals surface area contributed by atoms with Crippen LogP contribution in [0.15, 0.2) is 30.7 Å². The lowest BCUT2D eigenvalue weighted by atomic mass is 9.88. The maximum absolute atomic E-state index is 9.54. The third-order valence-electron chi connectivity index (χ3n) is 4.20. The van der Waals surface area contributed by atoms with E-state index in [0.717, 1.165) is 35.4 Å². The normalized spacial score (nSPS) is 21.5. The van der Waals surface area contributed by atoms with E-state index in [1.165, 1.54) is 5.56 Å². The lowest BCUT2D eigenvalue weighted by Gasteiger charge is -2.19. The van der Waals surface area contributed by atoms with Crippen molar-refractivity contribution in [3.63, 3.8) is 0 Å². The summed E-state index contributed by atoms with van der Waals surface area (Å²) in [5.74, 6) is 0. The molecular formula is C15H16N4O. The molecule has 0 aromatic carbocycles. The Labute approximate surface area is 116 Å². The molecule has 5 nitrogen and oxygen atoms in total. The highest BCUT2D eigenvalue weighted by atomic mass is 16.3. The first kappa shape index (κ1) is 11.7. The zero-order valence-corrected chi connectivity index (χ0v) is 11.3. The summed E-state index contributed by atoms with van der Waals surface area (Å²) >= 11 is 0. The van der Waals surface area contributed by atoms with E-state index in [-0.39, 0.29) is 12.0 Å². The second kappa shape index (κ2) is 3.93. The number of aromatic amines is 1. The Morgan fingerprint density at radius 2 is 2.30 bits per heavy atom. The third-order valence-corrected chi connectivity index (χ3v) is 4.20. The predicted molar refractivity (Wildman–Crippen MR) is 75.4 cm³/mol. The van der Waals surface area contributed by atoms with Crippen LogP contribution in [0.3, 0.4) is 0 Å². The smallest absolute Gasteiger partial charge is 0.136 e. The van der Waals surface area contributed by atoms with E-state index in [4.69, 9.17) is 0 Å². The quantitative estimate of drug-likeness (QED) is 0.745. The molecule has 1 aliphatic carbocycles. The molecule has 3 aromatic rings. The molecule has 0 amide bonds. The number of hydrogen-bond donors (Lipinski definition) is 2. The third kappa shape index (κ3) is 1.59. The van der Waals surface area contributed by atoms with Gasteiger partial charge in [0.1, 0.15) is 5.65 Å². The van der Waals surface area contributed by atoms with Crippen molar-refractivity contribution in [2.45, 2.75) is 19.8 Å². The molecule has 3 aromatic heterocycles. The zero-order valence-electron chi connectivity index (χ0n) is 11.3.